The number of fused-ring (bicyclic) bond motifs is 12. The monoisotopic (exact) mass is 842 g/mol. The van der Waals surface area contributed by atoms with Crippen molar-refractivity contribution in [3.8, 4) is 27.9 Å². The minimum Gasteiger partial charge on any atom is -0.455 e. The van der Waals surface area contributed by atoms with Crippen LogP contribution in [-0.4, -0.2) is 4.57 Å². The van der Waals surface area contributed by atoms with E-state index in [0.717, 1.165) is 83.3 Å². The number of benzene rings is 11. The van der Waals surface area contributed by atoms with E-state index in [1.165, 1.54) is 48.9 Å². The van der Waals surface area contributed by atoms with Crippen molar-refractivity contribution < 1.29 is 8.83 Å². The molecule has 3 heterocycles. The highest BCUT2D eigenvalue weighted by atomic mass is 16.3. The number of para-hydroxylation sites is 5. The maximum atomic E-state index is 7.00. The lowest BCUT2D eigenvalue weighted by atomic mass is 9.93. The smallest absolute Gasteiger partial charge is 0.159 e. The number of hydrogen-bond acceptors (Lipinski definition) is 3. The van der Waals surface area contributed by atoms with Crippen LogP contribution in [0, 0.1) is 0 Å². The Hall–Kier alpha value is -8.86. The Labute approximate surface area is 379 Å². The molecule has 3 aromatic heterocycles. The third-order valence-electron chi connectivity index (χ3n) is 13.6. The van der Waals surface area contributed by atoms with E-state index in [1.54, 1.807) is 0 Å². The minimum absolute atomic E-state index is 0.826. The first-order valence-corrected chi connectivity index (χ1v) is 22.5. The Morgan fingerprint density at radius 2 is 0.924 bits per heavy atom. The fourth-order valence-electron chi connectivity index (χ4n) is 10.6. The molecule has 0 aliphatic rings. The van der Waals surface area contributed by atoms with E-state index in [9.17, 15) is 0 Å². The van der Waals surface area contributed by atoms with Gasteiger partial charge in [0, 0.05) is 43.9 Å². The normalized spacial score (nSPS) is 11.9. The summed E-state index contributed by atoms with van der Waals surface area (Å²) in [6.45, 7) is 0. The van der Waals surface area contributed by atoms with Gasteiger partial charge in [-0.05, 0) is 111 Å². The molecule has 0 radical (unpaired) electrons. The molecule has 66 heavy (non-hydrogen) atoms. The summed E-state index contributed by atoms with van der Waals surface area (Å²) in [5.41, 5.74) is 14.2. The quantitative estimate of drug-likeness (QED) is 0.156. The summed E-state index contributed by atoms with van der Waals surface area (Å²) < 4.78 is 16.2. The first kappa shape index (κ1) is 36.6. The van der Waals surface area contributed by atoms with Crippen LogP contribution in [0.5, 0.6) is 0 Å². The van der Waals surface area contributed by atoms with Gasteiger partial charge in [-0.15, -0.1) is 0 Å². The number of rotatable bonds is 6. The van der Waals surface area contributed by atoms with Crippen molar-refractivity contribution in [2.24, 2.45) is 0 Å². The van der Waals surface area contributed by atoms with E-state index in [0.29, 0.717) is 0 Å². The molecule has 14 aromatic rings. The number of anilines is 3. The zero-order valence-electron chi connectivity index (χ0n) is 35.7. The van der Waals surface area contributed by atoms with Gasteiger partial charge in [0.25, 0.3) is 0 Å². The molecule has 0 atom stereocenters. The first-order valence-electron chi connectivity index (χ1n) is 22.5. The van der Waals surface area contributed by atoms with Crippen molar-refractivity contribution in [2.45, 2.75) is 0 Å². The van der Waals surface area contributed by atoms with Gasteiger partial charge in [-0.1, -0.05) is 158 Å². The summed E-state index contributed by atoms with van der Waals surface area (Å²) in [7, 11) is 0. The summed E-state index contributed by atoms with van der Waals surface area (Å²) in [4.78, 5) is 2.36. The molecule has 4 heteroatoms. The molecule has 308 valence electrons. The third-order valence-corrected chi connectivity index (χ3v) is 13.6. The van der Waals surface area contributed by atoms with Gasteiger partial charge in [-0.3, -0.25) is 0 Å². The van der Waals surface area contributed by atoms with E-state index < -0.39 is 0 Å². The Balaban J connectivity index is 0.995. The van der Waals surface area contributed by atoms with Crippen molar-refractivity contribution in [1.29, 1.82) is 0 Å². The Morgan fingerprint density at radius 1 is 0.333 bits per heavy atom. The minimum atomic E-state index is 0.826. The summed E-state index contributed by atoms with van der Waals surface area (Å²) in [5, 5.41) is 11.7. The first-order chi connectivity index (χ1) is 32.7. The molecular formula is C62H38N2O2. The molecule has 0 bridgehead atoms. The van der Waals surface area contributed by atoms with Crippen LogP contribution in [0.1, 0.15) is 0 Å². The van der Waals surface area contributed by atoms with Crippen LogP contribution in [0.25, 0.3) is 115 Å². The largest absolute Gasteiger partial charge is 0.455 e. The molecule has 0 amide bonds. The van der Waals surface area contributed by atoms with Crippen LogP contribution >= 0.6 is 0 Å². The molecule has 0 aliphatic heterocycles. The zero-order chi connectivity index (χ0) is 43.3. The molecule has 0 N–H and O–H groups in total. The Morgan fingerprint density at radius 3 is 1.70 bits per heavy atom. The molecule has 0 fully saturated rings. The van der Waals surface area contributed by atoms with Gasteiger partial charge < -0.3 is 18.3 Å². The fraction of sp³-hybridized carbons (Fsp3) is 0. The Kier molecular flexibility index (Phi) is 7.95. The Bertz CT molecular complexity index is 4190. The highest BCUT2D eigenvalue weighted by Crippen LogP contribution is 2.49. The number of nitrogens with zero attached hydrogens (tertiary/aromatic N) is 2. The molecule has 0 saturated heterocycles. The predicted molar refractivity (Wildman–Crippen MR) is 276 cm³/mol. The van der Waals surface area contributed by atoms with E-state index >= 15 is 0 Å². The van der Waals surface area contributed by atoms with Crippen LogP contribution < -0.4 is 4.90 Å². The summed E-state index contributed by atoms with van der Waals surface area (Å²) in [6, 6.07) is 82.6. The molecule has 14 rings (SSSR count). The molecule has 11 aromatic carbocycles. The second-order valence-corrected chi connectivity index (χ2v) is 17.2. The fourth-order valence-corrected chi connectivity index (χ4v) is 10.6. The van der Waals surface area contributed by atoms with Gasteiger partial charge in [-0.2, -0.15) is 0 Å². The highest BCUT2D eigenvalue weighted by molar-refractivity contribution is 6.19. The van der Waals surface area contributed by atoms with Crippen molar-refractivity contribution in [2.75, 3.05) is 4.90 Å². The summed E-state index contributed by atoms with van der Waals surface area (Å²) >= 11 is 0. The third kappa shape index (κ3) is 5.45. The van der Waals surface area contributed by atoms with E-state index in [-0.39, 0.29) is 0 Å². The molecule has 0 saturated carbocycles. The molecule has 0 spiro atoms. The molecular weight excluding hydrogens is 805 g/mol. The van der Waals surface area contributed by atoms with Crippen LogP contribution in [0.2, 0.25) is 0 Å². The summed E-state index contributed by atoms with van der Waals surface area (Å²) in [6.07, 6.45) is 0. The van der Waals surface area contributed by atoms with Gasteiger partial charge in [-0.25, -0.2) is 0 Å². The number of furan rings is 2. The van der Waals surface area contributed by atoms with Gasteiger partial charge in [0.2, 0.25) is 0 Å². The molecule has 4 nitrogen and oxygen atoms in total. The molecule has 0 unspecified atom stereocenters. The van der Waals surface area contributed by atoms with E-state index in [2.05, 4.69) is 234 Å². The second kappa shape index (κ2) is 14.3. The van der Waals surface area contributed by atoms with Crippen molar-refractivity contribution in [3.05, 3.63) is 231 Å². The molecule has 0 aliphatic carbocycles. The van der Waals surface area contributed by atoms with Gasteiger partial charge in [0.15, 0.2) is 5.58 Å². The lowest BCUT2D eigenvalue weighted by Gasteiger charge is -2.27. The van der Waals surface area contributed by atoms with Gasteiger partial charge in [0.05, 0.1) is 27.8 Å². The van der Waals surface area contributed by atoms with Gasteiger partial charge in [0.1, 0.15) is 16.7 Å². The van der Waals surface area contributed by atoms with Gasteiger partial charge >= 0.3 is 0 Å². The van der Waals surface area contributed by atoms with E-state index in [4.69, 9.17) is 8.83 Å². The topological polar surface area (TPSA) is 34.5 Å². The lowest BCUT2D eigenvalue weighted by Crippen LogP contribution is -2.11. The van der Waals surface area contributed by atoms with Crippen LogP contribution in [-0.2, 0) is 0 Å². The number of aromatic nitrogens is 1. The summed E-state index contributed by atoms with van der Waals surface area (Å²) in [5.74, 6) is 0. The predicted octanol–water partition coefficient (Wildman–Crippen LogP) is 17.7. The van der Waals surface area contributed by atoms with E-state index in [1.807, 2.05) is 6.07 Å². The standard InChI is InChI=1S/C62H38N2O2/c1-2-18-44-41(15-1)38-53(47-20-4-3-19-46(44)47)39-31-33-42(34-32-39)63(57-28-14-25-51-50-23-7-11-29-58(50)65-61(51)57)56-36-35-45(62-60(56)52-24-8-12-30-59(52)66-62)40-16-13-17-43(37-40)64-54-26-9-5-21-48(54)49-22-6-10-27-55(49)64/h1-38H. The SMILES string of the molecule is c1cc(-c2ccc(N(c3ccc(-c4cc5ccccc5c5ccccc45)cc3)c3cccc4c3oc3ccccc34)c3c2oc2ccccc23)cc(-n2c3ccccc3c3ccccc32)c1. The highest BCUT2D eigenvalue weighted by Gasteiger charge is 2.25. The second-order valence-electron chi connectivity index (χ2n) is 17.2. The number of hydrogen-bond donors (Lipinski definition) is 0. The average Bonchev–Trinajstić information content (AvgIpc) is 4.07. The van der Waals surface area contributed by atoms with Crippen molar-refractivity contribution >= 4 is 104 Å². The maximum Gasteiger partial charge on any atom is 0.159 e. The van der Waals surface area contributed by atoms with Crippen LogP contribution in [0.4, 0.5) is 17.1 Å². The van der Waals surface area contributed by atoms with Crippen molar-refractivity contribution in [1.82, 2.24) is 4.57 Å². The average molecular weight is 843 g/mol. The van der Waals surface area contributed by atoms with Crippen molar-refractivity contribution in [3.63, 3.8) is 0 Å². The van der Waals surface area contributed by atoms with Crippen LogP contribution in [0.3, 0.4) is 0 Å². The lowest BCUT2D eigenvalue weighted by molar-refractivity contribution is 0.668. The zero-order valence-corrected chi connectivity index (χ0v) is 35.7. The van der Waals surface area contributed by atoms with Crippen LogP contribution in [0.15, 0.2) is 239 Å². The maximum absolute atomic E-state index is 7.00.